The van der Waals surface area contributed by atoms with E-state index in [1.165, 1.54) is 7.11 Å². The molecule has 0 aromatic carbocycles. The van der Waals surface area contributed by atoms with Gasteiger partial charge in [0.05, 0.1) is 19.6 Å². The molecule has 2 aliphatic heterocycles. The molecule has 5 atom stereocenters. The first kappa shape index (κ1) is 20.8. The van der Waals surface area contributed by atoms with Crippen LogP contribution in [-0.2, 0) is 28.2 Å². The van der Waals surface area contributed by atoms with Crippen LogP contribution < -0.4 is 0 Å². The molecule has 1 N–H and O–H groups in total. The van der Waals surface area contributed by atoms with Crippen molar-refractivity contribution in [2.24, 2.45) is 0 Å². The summed E-state index contributed by atoms with van der Waals surface area (Å²) in [7, 11) is -0.866. The van der Waals surface area contributed by atoms with Crippen molar-refractivity contribution in [2.45, 2.75) is 95.7 Å². The standard InChI is InChI=1S/C17H32O7Si/c1-16(2,3)25(7,8)24-13-12(10(18)9-11(19)20-6)21-15-14(13)22-17(4,5)23-15/h10,12-15,18H,9H2,1-8H3/t10-,12-,13+,14-,15-/m1/s1. The Morgan fingerprint density at radius 1 is 1.28 bits per heavy atom. The Kier molecular flexibility index (Phi) is 5.74. The molecule has 146 valence electrons. The van der Waals surface area contributed by atoms with E-state index in [0.29, 0.717) is 0 Å². The molecule has 8 heteroatoms. The van der Waals surface area contributed by atoms with Gasteiger partial charge >= 0.3 is 5.97 Å². The zero-order chi connectivity index (χ0) is 19.2. The van der Waals surface area contributed by atoms with Crippen LogP contribution in [0.4, 0.5) is 0 Å². The van der Waals surface area contributed by atoms with Gasteiger partial charge in [-0.3, -0.25) is 4.79 Å². The number of aliphatic hydroxyl groups is 1. The van der Waals surface area contributed by atoms with Crippen molar-refractivity contribution in [3.05, 3.63) is 0 Å². The summed E-state index contributed by atoms with van der Waals surface area (Å²) in [4.78, 5) is 11.5. The van der Waals surface area contributed by atoms with Gasteiger partial charge in [-0.2, -0.15) is 0 Å². The Balaban J connectivity index is 2.23. The normalized spacial score (nSPS) is 33.2. The van der Waals surface area contributed by atoms with Crippen LogP contribution in [0, 0.1) is 0 Å². The third-order valence-electron chi connectivity index (χ3n) is 5.25. The number of carbonyl (C=O) groups is 1. The molecular formula is C17H32O7Si. The third-order valence-corrected chi connectivity index (χ3v) is 9.72. The van der Waals surface area contributed by atoms with Gasteiger partial charge in [0, 0.05) is 0 Å². The molecule has 0 unspecified atom stereocenters. The number of esters is 1. The quantitative estimate of drug-likeness (QED) is 0.581. The molecule has 0 aromatic heterocycles. The number of carbonyl (C=O) groups excluding carboxylic acids is 1. The maximum Gasteiger partial charge on any atom is 0.308 e. The Morgan fingerprint density at radius 3 is 2.40 bits per heavy atom. The number of hydrogen-bond acceptors (Lipinski definition) is 7. The summed E-state index contributed by atoms with van der Waals surface area (Å²) in [5.74, 6) is -1.27. The number of ether oxygens (including phenoxy) is 4. The number of fused-ring (bicyclic) bond motifs is 1. The van der Waals surface area contributed by atoms with E-state index >= 15 is 0 Å². The highest BCUT2D eigenvalue weighted by atomic mass is 28.4. The van der Waals surface area contributed by atoms with E-state index in [4.69, 9.17) is 18.6 Å². The van der Waals surface area contributed by atoms with Gasteiger partial charge in [0.2, 0.25) is 0 Å². The molecule has 2 heterocycles. The highest BCUT2D eigenvalue weighted by Gasteiger charge is 2.59. The van der Waals surface area contributed by atoms with Crippen LogP contribution in [0.2, 0.25) is 18.1 Å². The lowest BCUT2D eigenvalue weighted by atomic mass is 10.0. The molecule has 0 radical (unpaired) electrons. The number of rotatable bonds is 5. The first-order valence-corrected chi connectivity index (χ1v) is 11.6. The first-order valence-electron chi connectivity index (χ1n) is 8.71. The maximum atomic E-state index is 11.5. The lowest BCUT2D eigenvalue weighted by molar-refractivity contribution is -0.225. The molecular weight excluding hydrogens is 344 g/mol. The summed E-state index contributed by atoms with van der Waals surface area (Å²) >= 11 is 0. The molecule has 2 fully saturated rings. The SMILES string of the molecule is COC(=O)C[C@@H](O)[C@H]1O[C@@H]2OC(C)(C)O[C@@H]2[C@H]1O[Si](C)(C)C(C)(C)C. The molecule has 2 saturated heterocycles. The lowest BCUT2D eigenvalue weighted by Crippen LogP contribution is -2.52. The van der Waals surface area contributed by atoms with Crippen molar-refractivity contribution in [1.82, 2.24) is 0 Å². The zero-order valence-electron chi connectivity index (χ0n) is 16.5. The Hall–Kier alpha value is -0.513. The third kappa shape index (κ3) is 4.43. The molecule has 2 rings (SSSR count). The summed E-state index contributed by atoms with van der Waals surface area (Å²) < 4.78 is 28.8. The maximum absolute atomic E-state index is 11.5. The minimum atomic E-state index is -2.15. The second-order valence-corrected chi connectivity index (χ2v) is 13.5. The van der Waals surface area contributed by atoms with Gasteiger partial charge in [-0.1, -0.05) is 20.8 Å². The fourth-order valence-corrected chi connectivity index (χ4v) is 4.14. The van der Waals surface area contributed by atoms with Crippen LogP contribution >= 0.6 is 0 Å². The largest absolute Gasteiger partial charge is 0.469 e. The van der Waals surface area contributed by atoms with Crippen molar-refractivity contribution in [2.75, 3.05) is 7.11 Å². The number of aliphatic hydroxyl groups excluding tert-OH is 1. The zero-order valence-corrected chi connectivity index (χ0v) is 17.5. The second kappa shape index (κ2) is 6.90. The summed E-state index contributed by atoms with van der Waals surface area (Å²) in [6.45, 7) is 14.3. The van der Waals surface area contributed by atoms with E-state index in [2.05, 4.69) is 38.6 Å². The predicted octanol–water partition coefficient (Wildman–Crippen LogP) is 2.18. The van der Waals surface area contributed by atoms with Crippen molar-refractivity contribution in [3.63, 3.8) is 0 Å². The van der Waals surface area contributed by atoms with Gasteiger partial charge in [-0.05, 0) is 32.0 Å². The highest BCUT2D eigenvalue weighted by molar-refractivity contribution is 6.74. The van der Waals surface area contributed by atoms with Crippen LogP contribution in [-0.4, -0.2) is 63.0 Å². The van der Waals surface area contributed by atoms with Crippen LogP contribution in [0.3, 0.4) is 0 Å². The van der Waals surface area contributed by atoms with Gasteiger partial charge in [0.15, 0.2) is 20.4 Å². The molecule has 0 aromatic rings. The van der Waals surface area contributed by atoms with E-state index in [1.54, 1.807) is 0 Å². The fourth-order valence-electron chi connectivity index (χ4n) is 2.84. The summed E-state index contributed by atoms with van der Waals surface area (Å²) in [6.07, 6.45) is -3.50. The van der Waals surface area contributed by atoms with Crippen LogP contribution in [0.15, 0.2) is 0 Å². The topological polar surface area (TPSA) is 83.5 Å². The minimum absolute atomic E-state index is 0.0160. The minimum Gasteiger partial charge on any atom is -0.469 e. The predicted molar refractivity (Wildman–Crippen MR) is 93.4 cm³/mol. The van der Waals surface area contributed by atoms with Crippen molar-refractivity contribution in [1.29, 1.82) is 0 Å². The molecule has 2 aliphatic rings. The summed E-state index contributed by atoms with van der Waals surface area (Å²) in [6, 6.07) is 0. The smallest absolute Gasteiger partial charge is 0.308 e. The van der Waals surface area contributed by atoms with Gasteiger partial charge in [0.25, 0.3) is 0 Å². The highest BCUT2D eigenvalue weighted by Crippen LogP contribution is 2.44. The van der Waals surface area contributed by atoms with Gasteiger partial charge in [0.1, 0.15) is 18.3 Å². The molecule has 0 saturated carbocycles. The average molecular weight is 377 g/mol. The second-order valence-electron chi connectivity index (χ2n) is 8.76. The molecule has 0 bridgehead atoms. The summed E-state index contributed by atoms with van der Waals surface area (Å²) in [5.41, 5.74) is 0. The average Bonchev–Trinajstić information content (AvgIpc) is 2.90. The Bertz CT molecular complexity index is 500. The first-order chi connectivity index (χ1) is 11.3. The van der Waals surface area contributed by atoms with Gasteiger partial charge in [-0.25, -0.2) is 0 Å². The molecule has 0 amide bonds. The van der Waals surface area contributed by atoms with Crippen molar-refractivity contribution in [3.8, 4) is 0 Å². The Labute approximate surface area is 151 Å². The molecule has 0 aliphatic carbocycles. The van der Waals surface area contributed by atoms with E-state index in [9.17, 15) is 9.90 Å². The summed E-state index contributed by atoms with van der Waals surface area (Å²) in [5, 5.41) is 10.5. The monoisotopic (exact) mass is 376 g/mol. The van der Waals surface area contributed by atoms with Crippen LogP contribution in [0.1, 0.15) is 41.0 Å². The van der Waals surface area contributed by atoms with Crippen molar-refractivity contribution >= 4 is 14.3 Å². The van der Waals surface area contributed by atoms with Gasteiger partial charge in [-0.15, -0.1) is 0 Å². The van der Waals surface area contributed by atoms with E-state index < -0.39 is 50.8 Å². The van der Waals surface area contributed by atoms with Crippen molar-refractivity contribution < 1.29 is 33.3 Å². The van der Waals surface area contributed by atoms with E-state index in [0.717, 1.165) is 0 Å². The lowest BCUT2D eigenvalue weighted by Gasteiger charge is -2.41. The number of methoxy groups -OCH3 is 1. The van der Waals surface area contributed by atoms with Crippen LogP contribution in [0.5, 0.6) is 0 Å². The molecule has 25 heavy (non-hydrogen) atoms. The van der Waals surface area contributed by atoms with E-state index in [1.807, 2.05) is 13.8 Å². The number of hydrogen-bond donors (Lipinski definition) is 1. The van der Waals surface area contributed by atoms with Crippen LogP contribution in [0.25, 0.3) is 0 Å². The molecule has 0 spiro atoms. The van der Waals surface area contributed by atoms with Gasteiger partial charge < -0.3 is 28.5 Å². The fraction of sp³-hybridized carbons (Fsp3) is 0.941. The Morgan fingerprint density at radius 2 is 1.88 bits per heavy atom. The molecule has 7 nitrogen and oxygen atoms in total. The van der Waals surface area contributed by atoms with E-state index in [-0.39, 0.29) is 11.5 Å².